The number of nitrogens with one attached hydrogen (secondary N) is 2. The maximum Gasteiger partial charge on any atom is 0.416 e. The first-order valence-electron chi connectivity index (χ1n) is 11.8. The normalized spacial score (nSPS) is 15.6. The van der Waals surface area contributed by atoms with E-state index in [2.05, 4.69) is 22.2 Å². The Hall–Kier alpha value is -3.01. The van der Waals surface area contributed by atoms with Gasteiger partial charge in [-0.1, -0.05) is 19.3 Å². The summed E-state index contributed by atoms with van der Waals surface area (Å²) in [5.74, 6) is -1.06. The third kappa shape index (κ3) is 6.03. The van der Waals surface area contributed by atoms with Gasteiger partial charge in [-0.15, -0.1) is 0 Å². The molecule has 1 amide bonds. The standard InChI is InChI=1S/C26H27F6N3O/c1-35(21-5-3-2-4-6-21)10-9-16-15-33-23-8-7-20(14-22(16)23)34-24(36)17-11-18(25(27,28)29)13-19(12-17)26(30,31)32/h7-8,11-15,21,33H,2-6,9-10H2,1H3,(H,34,36). The van der Waals surface area contributed by atoms with Gasteiger partial charge >= 0.3 is 12.4 Å². The van der Waals surface area contributed by atoms with Crippen LogP contribution in [0.25, 0.3) is 10.9 Å². The smallest absolute Gasteiger partial charge is 0.361 e. The van der Waals surface area contributed by atoms with Crippen LogP contribution >= 0.6 is 0 Å². The fourth-order valence-corrected chi connectivity index (χ4v) is 4.75. The minimum atomic E-state index is -5.03. The summed E-state index contributed by atoms with van der Waals surface area (Å²) in [5, 5.41) is 3.28. The zero-order chi connectivity index (χ0) is 26.1. The largest absolute Gasteiger partial charge is 0.416 e. The van der Waals surface area contributed by atoms with Gasteiger partial charge in [0.1, 0.15) is 0 Å². The van der Waals surface area contributed by atoms with Crippen LogP contribution < -0.4 is 5.32 Å². The van der Waals surface area contributed by atoms with Gasteiger partial charge in [0.05, 0.1) is 11.1 Å². The molecule has 0 radical (unpaired) electrons. The van der Waals surface area contributed by atoms with Crippen molar-refractivity contribution in [3.8, 4) is 0 Å². The van der Waals surface area contributed by atoms with Crippen LogP contribution in [0, 0.1) is 0 Å². The van der Waals surface area contributed by atoms with E-state index in [1.54, 1.807) is 18.2 Å². The molecular weight excluding hydrogens is 484 g/mol. The van der Waals surface area contributed by atoms with Gasteiger partial charge in [0, 0.05) is 40.9 Å². The van der Waals surface area contributed by atoms with Crippen molar-refractivity contribution in [1.82, 2.24) is 9.88 Å². The maximum absolute atomic E-state index is 13.2. The number of hydrogen-bond donors (Lipinski definition) is 2. The zero-order valence-corrected chi connectivity index (χ0v) is 19.7. The molecule has 0 aliphatic heterocycles. The third-order valence-electron chi connectivity index (χ3n) is 6.81. The maximum atomic E-state index is 13.2. The van der Waals surface area contributed by atoms with E-state index in [-0.39, 0.29) is 11.8 Å². The number of rotatable bonds is 6. The lowest BCUT2D eigenvalue weighted by Gasteiger charge is -2.31. The second kappa shape index (κ2) is 10.2. The Bertz CT molecular complexity index is 1190. The summed E-state index contributed by atoms with van der Waals surface area (Å²) in [6.45, 7) is 0.846. The molecule has 0 spiro atoms. The number of hydrogen-bond acceptors (Lipinski definition) is 2. The zero-order valence-electron chi connectivity index (χ0n) is 19.7. The van der Waals surface area contributed by atoms with Crippen LogP contribution in [0.1, 0.15) is 59.2 Å². The van der Waals surface area contributed by atoms with Gasteiger partial charge in [-0.2, -0.15) is 26.3 Å². The number of amides is 1. The number of likely N-dealkylation sites (N-methyl/N-ethyl adjacent to an activating group) is 1. The minimum Gasteiger partial charge on any atom is -0.361 e. The van der Waals surface area contributed by atoms with E-state index < -0.39 is 35.0 Å². The third-order valence-corrected chi connectivity index (χ3v) is 6.81. The topological polar surface area (TPSA) is 48.1 Å². The fraction of sp³-hybridized carbons (Fsp3) is 0.423. The summed E-state index contributed by atoms with van der Waals surface area (Å²) in [7, 11) is 2.11. The van der Waals surface area contributed by atoms with Crippen molar-refractivity contribution in [2.45, 2.75) is 56.9 Å². The fourth-order valence-electron chi connectivity index (χ4n) is 4.75. The van der Waals surface area contributed by atoms with E-state index in [1.165, 1.54) is 32.1 Å². The van der Waals surface area contributed by atoms with E-state index >= 15 is 0 Å². The van der Waals surface area contributed by atoms with E-state index in [1.807, 2.05) is 6.20 Å². The van der Waals surface area contributed by atoms with Crippen LogP contribution in [0.5, 0.6) is 0 Å². The average Bonchev–Trinajstić information content (AvgIpc) is 3.24. The Morgan fingerprint density at radius 3 is 2.22 bits per heavy atom. The number of fused-ring (bicyclic) bond motifs is 1. The Morgan fingerprint density at radius 1 is 0.972 bits per heavy atom. The van der Waals surface area contributed by atoms with Crippen LogP contribution in [0.15, 0.2) is 42.6 Å². The van der Waals surface area contributed by atoms with Crippen molar-refractivity contribution >= 4 is 22.5 Å². The molecule has 1 saturated carbocycles. The summed E-state index contributed by atoms with van der Waals surface area (Å²) in [5.41, 5.74) is -1.68. The van der Waals surface area contributed by atoms with Crippen molar-refractivity contribution in [1.29, 1.82) is 0 Å². The first-order valence-corrected chi connectivity index (χ1v) is 11.8. The number of alkyl halides is 6. The first-order chi connectivity index (χ1) is 16.9. The molecule has 1 aliphatic carbocycles. The van der Waals surface area contributed by atoms with Crippen molar-refractivity contribution < 1.29 is 31.1 Å². The molecule has 4 nitrogen and oxygen atoms in total. The molecule has 3 aromatic rings. The summed E-state index contributed by atoms with van der Waals surface area (Å²) in [6.07, 6.45) is -1.29. The minimum absolute atomic E-state index is 0.000739. The average molecular weight is 512 g/mol. The molecule has 2 aromatic carbocycles. The number of carbonyl (C=O) groups is 1. The highest BCUT2D eigenvalue weighted by molar-refractivity contribution is 6.05. The second-order valence-electron chi connectivity index (χ2n) is 9.35. The molecule has 4 rings (SSSR count). The highest BCUT2D eigenvalue weighted by Crippen LogP contribution is 2.36. The Kier molecular flexibility index (Phi) is 7.36. The summed E-state index contributed by atoms with van der Waals surface area (Å²) >= 11 is 0. The van der Waals surface area contributed by atoms with Crippen molar-refractivity contribution in [3.63, 3.8) is 0 Å². The molecule has 0 atom stereocenters. The summed E-state index contributed by atoms with van der Waals surface area (Å²) < 4.78 is 78.9. The van der Waals surface area contributed by atoms with Gasteiger partial charge in [0.25, 0.3) is 5.91 Å². The van der Waals surface area contributed by atoms with Crippen LogP contribution in [-0.2, 0) is 18.8 Å². The van der Waals surface area contributed by atoms with E-state index in [4.69, 9.17) is 0 Å². The predicted molar refractivity (Wildman–Crippen MR) is 126 cm³/mol. The number of H-pyrrole nitrogens is 1. The number of anilines is 1. The van der Waals surface area contributed by atoms with Crippen molar-refractivity contribution in [2.75, 3.05) is 18.9 Å². The van der Waals surface area contributed by atoms with Gasteiger partial charge in [-0.05, 0) is 68.3 Å². The first kappa shape index (κ1) is 26.1. The van der Waals surface area contributed by atoms with Crippen molar-refractivity contribution in [2.24, 2.45) is 0 Å². The number of halogens is 6. The SMILES string of the molecule is CN(CCc1c[nH]c2ccc(NC(=O)c3cc(C(F)(F)F)cc(C(F)(F)F)c3)cc12)C1CCCCC1. The molecule has 194 valence electrons. The lowest BCUT2D eigenvalue weighted by molar-refractivity contribution is -0.143. The van der Waals surface area contributed by atoms with E-state index in [0.29, 0.717) is 18.2 Å². The van der Waals surface area contributed by atoms with Crippen LogP contribution in [-0.4, -0.2) is 35.4 Å². The van der Waals surface area contributed by atoms with Gasteiger partial charge < -0.3 is 15.2 Å². The highest BCUT2D eigenvalue weighted by atomic mass is 19.4. The number of aromatic nitrogens is 1. The molecule has 0 unspecified atom stereocenters. The summed E-state index contributed by atoms with van der Waals surface area (Å²) in [4.78, 5) is 18.2. The predicted octanol–water partition coefficient (Wildman–Crippen LogP) is 7.26. The molecule has 1 heterocycles. The number of nitrogens with zero attached hydrogens (tertiary/aromatic N) is 1. The Labute approximate surface area is 204 Å². The molecule has 0 saturated heterocycles. The van der Waals surface area contributed by atoms with E-state index in [9.17, 15) is 31.1 Å². The van der Waals surface area contributed by atoms with Crippen LogP contribution in [0.2, 0.25) is 0 Å². The lowest BCUT2D eigenvalue weighted by Crippen LogP contribution is -2.34. The highest BCUT2D eigenvalue weighted by Gasteiger charge is 2.37. The Balaban J connectivity index is 1.53. The van der Waals surface area contributed by atoms with Gasteiger partial charge in [-0.3, -0.25) is 4.79 Å². The lowest BCUT2D eigenvalue weighted by atomic mass is 9.94. The van der Waals surface area contributed by atoms with Crippen molar-refractivity contribution in [3.05, 3.63) is 64.8 Å². The molecule has 1 aliphatic rings. The van der Waals surface area contributed by atoms with Gasteiger partial charge in [0.2, 0.25) is 0 Å². The monoisotopic (exact) mass is 511 g/mol. The van der Waals surface area contributed by atoms with Gasteiger partial charge in [0.15, 0.2) is 0 Å². The number of carbonyl (C=O) groups excluding carboxylic acids is 1. The second-order valence-corrected chi connectivity index (χ2v) is 9.35. The molecule has 10 heteroatoms. The van der Waals surface area contributed by atoms with Crippen LogP contribution in [0.3, 0.4) is 0 Å². The number of aromatic amines is 1. The molecule has 0 bridgehead atoms. The molecule has 1 aromatic heterocycles. The quantitative estimate of drug-likeness (QED) is 0.342. The van der Waals surface area contributed by atoms with Crippen LogP contribution in [0.4, 0.5) is 32.0 Å². The van der Waals surface area contributed by atoms with E-state index in [0.717, 1.165) is 29.4 Å². The molecule has 2 N–H and O–H groups in total. The summed E-state index contributed by atoms with van der Waals surface area (Å²) in [6, 6.07) is 6.35. The molecular formula is C26H27F6N3O. The molecule has 36 heavy (non-hydrogen) atoms. The Morgan fingerprint density at radius 2 is 1.61 bits per heavy atom. The number of benzene rings is 2. The van der Waals surface area contributed by atoms with Gasteiger partial charge in [-0.25, -0.2) is 0 Å². The molecule has 1 fully saturated rings.